The van der Waals surface area contributed by atoms with Gasteiger partial charge in [0.15, 0.2) is 0 Å². The van der Waals surface area contributed by atoms with Crippen molar-refractivity contribution in [3.05, 3.63) is 57.7 Å². The molecular formula is C19H22N4O2. The Morgan fingerprint density at radius 2 is 2.08 bits per heavy atom. The number of nitrogens with zero attached hydrogens (tertiary/aromatic N) is 2. The van der Waals surface area contributed by atoms with Gasteiger partial charge in [-0.15, -0.1) is 0 Å². The highest BCUT2D eigenvalue weighted by Crippen LogP contribution is 2.21. The summed E-state index contributed by atoms with van der Waals surface area (Å²) in [7, 11) is 0. The van der Waals surface area contributed by atoms with E-state index >= 15 is 0 Å². The van der Waals surface area contributed by atoms with Crippen LogP contribution in [-0.4, -0.2) is 34.6 Å². The molecular weight excluding hydrogens is 316 g/mol. The Morgan fingerprint density at radius 1 is 1.24 bits per heavy atom. The summed E-state index contributed by atoms with van der Waals surface area (Å²) >= 11 is 0. The van der Waals surface area contributed by atoms with Crippen LogP contribution in [0.3, 0.4) is 0 Å². The molecule has 0 unspecified atom stereocenters. The molecule has 0 saturated carbocycles. The van der Waals surface area contributed by atoms with Gasteiger partial charge in [0.2, 0.25) is 0 Å². The van der Waals surface area contributed by atoms with Crippen molar-refractivity contribution in [1.29, 1.82) is 0 Å². The van der Waals surface area contributed by atoms with Crippen molar-refractivity contribution in [3.63, 3.8) is 0 Å². The summed E-state index contributed by atoms with van der Waals surface area (Å²) in [5, 5.41) is 0. The fourth-order valence-electron chi connectivity index (χ4n) is 3.42. The minimum Gasteiger partial charge on any atom is -0.501 e. The van der Waals surface area contributed by atoms with Gasteiger partial charge in [-0.1, -0.05) is 0 Å². The van der Waals surface area contributed by atoms with E-state index < -0.39 is 0 Å². The van der Waals surface area contributed by atoms with Crippen LogP contribution in [0.15, 0.2) is 40.9 Å². The maximum Gasteiger partial charge on any atom is 0.255 e. The number of rotatable bonds is 3. The van der Waals surface area contributed by atoms with E-state index in [9.17, 15) is 4.79 Å². The quantitative estimate of drug-likeness (QED) is 0.837. The number of aromatic nitrogens is 2. The van der Waals surface area contributed by atoms with Gasteiger partial charge >= 0.3 is 0 Å². The molecule has 3 N–H and O–H groups in total. The van der Waals surface area contributed by atoms with E-state index in [2.05, 4.69) is 9.88 Å². The number of nitrogens with two attached hydrogens (primary N) is 1. The van der Waals surface area contributed by atoms with Gasteiger partial charge in [-0.05, 0) is 42.7 Å². The van der Waals surface area contributed by atoms with Crippen LogP contribution in [0.2, 0.25) is 0 Å². The number of benzene rings is 1. The molecule has 0 saturated heterocycles. The van der Waals surface area contributed by atoms with Crippen LogP contribution in [0.1, 0.15) is 24.1 Å². The number of fused-ring (bicyclic) bond motifs is 1. The standard InChI is InChI=1S/C19H22N4O2/c20-15-5-3-14(4-6-15)18-21-17-7-8-23(11-16(17)19(24)22-18)10-13-2-1-9-25-12-13/h3-6,12H,1-2,7-11,20H2,(H,21,22,24). The zero-order valence-electron chi connectivity index (χ0n) is 14.1. The highest BCUT2D eigenvalue weighted by atomic mass is 16.5. The molecule has 2 aliphatic rings. The number of anilines is 1. The molecule has 3 heterocycles. The van der Waals surface area contributed by atoms with E-state index in [1.807, 2.05) is 30.5 Å². The van der Waals surface area contributed by atoms with Crippen molar-refractivity contribution in [3.8, 4) is 11.4 Å². The second-order valence-corrected chi connectivity index (χ2v) is 6.67. The van der Waals surface area contributed by atoms with Gasteiger partial charge in [-0.25, -0.2) is 4.98 Å². The van der Waals surface area contributed by atoms with Crippen molar-refractivity contribution < 1.29 is 4.74 Å². The van der Waals surface area contributed by atoms with Crippen LogP contribution in [0.4, 0.5) is 5.69 Å². The topological polar surface area (TPSA) is 84.2 Å². The summed E-state index contributed by atoms with van der Waals surface area (Å²) in [5.74, 6) is 0.612. The van der Waals surface area contributed by atoms with Crippen LogP contribution in [0.25, 0.3) is 11.4 Å². The average Bonchev–Trinajstić information content (AvgIpc) is 2.63. The number of nitrogen functional groups attached to an aromatic ring is 1. The first-order valence-corrected chi connectivity index (χ1v) is 8.69. The molecule has 1 aromatic heterocycles. The Balaban J connectivity index is 1.56. The fraction of sp³-hybridized carbons (Fsp3) is 0.368. The Bertz CT molecular complexity index is 855. The van der Waals surface area contributed by atoms with Gasteiger partial charge in [0.05, 0.1) is 24.1 Å². The maximum atomic E-state index is 12.6. The third-order valence-corrected chi connectivity index (χ3v) is 4.77. The zero-order chi connectivity index (χ0) is 17.2. The molecule has 130 valence electrons. The molecule has 0 spiro atoms. The minimum atomic E-state index is -0.0459. The van der Waals surface area contributed by atoms with Crippen molar-refractivity contribution in [1.82, 2.24) is 14.9 Å². The van der Waals surface area contributed by atoms with Gasteiger partial charge in [-0.2, -0.15) is 0 Å². The lowest BCUT2D eigenvalue weighted by molar-refractivity contribution is 0.208. The zero-order valence-corrected chi connectivity index (χ0v) is 14.1. The SMILES string of the molecule is Nc1ccc(-c2nc3c(c(=O)[nH]2)CN(CC2=COCCC2)CC3)cc1. The molecule has 0 bridgehead atoms. The van der Waals surface area contributed by atoms with Gasteiger partial charge in [0, 0.05) is 37.3 Å². The largest absolute Gasteiger partial charge is 0.501 e. The molecule has 2 aromatic rings. The van der Waals surface area contributed by atoms with Gasteiger partial charge in [0.25, 0.3) is 5.56 Å². The molecule has 2 aliphatic heterocycles. The third-order valence-electron chi connectivity index (χ3n) is 4.77. The lowest BCUT2D eigenvalue weighted by Crippen LogP contribution is -2.37. The van der Waals surface area contributed by atoms with E-state index in [4.69, 9.17) is 15.5 Å². The van der Waals surface area contributed by atoms with Crippen molar-refractivity contribution in [2.75, 3.05) is 25.4 Å². The normalized spacial score (nSPS) is 17.5. The second kappa shape index (κ2) is 6.72. The number of nitrogens with one attached hydrogen (secondary N) is 1. The molecule has 6 nitrogen and oxygen atoms in total. The van der Waals surface area contributed by atoms with Gasteiger partial charge in [-0.3, -0.25) is 9.69 Å². The molecule has 0 radical (unpaired) electrons. The highest BCUT2D eigenvalue weighted by Gasteiger charge is 2.22. The summed E-state index contributed by atoms with van der Waals surface area (Å²) in [5.41, 5.74) is 10.2. The first-order chi connectivity index (χ1) is 12.2. The third kappa shape index (κ3) is 3.44. The fourth-order valence-corrected chi connectivity index (χ4v) is 3.42. The summed E-state index contributed by atoms with van der Waals surface area (Å²) in [4.78, 5) is 22.5. The predicted molar refractivity (Wildman–Crippen MR) is 97.0 cm³/mol. The minimum absolute atomic E-state index is 0.0459. The Kier molecular flexibility index (Phi) is 4.28. The van der Waals surface area contributed by atoms with Crippen molar-refractivity contribution in [2.45, 2.75) is 25.8 Å². The van der Waals surface area contributed by atoms with Crippen LogP contribution in [0, 0.1) is 0 Å². The maximum absolute atomic E-state index is 12.6. The monoisotopic (exact) mass is 338 g/mol. The van der Waals surface area contributed by atoms with E-state index in [0.29, 0.717) is 18.1 Å². The lowest BCUT2D eigenvalue weighted by Gasteiger charge is -2.29. The molecule has 6 heteroatoms. The van der Waals surface area contributed by atoms with E-state index in [-0.39, 0.29) is 5.56 Å². The summed E-state index contributed by atoms with van der Waals surface area (Å²) in [6.45, 7) is 3.21. The van der Waals surface area contributed by atoms with Gasteiger partial charge in [0.1, 0.15) is 5.82 Å². The molecule has 4 rings (SSSR count). The first kappa shape index (κ1) is 15.9. The van der Waals surface area contributed by atoms with E-state index in [0.717, 1.165) is 55.8 Å². The average molecular weight is 338 g/mol. The molecule has 1 aromatic carbocycles. The van der Waals surface area contributed by atoms with Crippen molar-refractivity contribution in [2.24, 2.45) is 0 Å². The predicted octanol–water partition coefficient (Wildman–Crippen LogP) is 2.07. The number of hydrogen-bond acceptors (Lipinski definition) is 5. The Hall–Kier alpha value is -2.60. The Morgan fingerprint density at radius 3 is 2.84 bits per heavy atom. The number of hydrogen-bond donors (Lipinski definition) is 2. The van der Waals surface area contributed by atoms with Crippen LogP contribution < -0.4 is 11.3 Å². The summed E-state index contributed by atoms with van der Waals surface area (Å²) in [6.07, 6.45) is 4.82. The molecule has 0 amide bonds. The summed E-state index contributed by atoms with van der Waals surface area (Å²) < 4.78 is 5.41. The van der Waals surface area contributed by atoms with E-state index in [1.165, 1.54) is 5.57 Å². The smallest absolute Gasteiger partial charge is 0.255 e. The summed E-state index contributed by atoms with van der Waals surface area (Å²) in [6, 6.07) is 7.39. The van der Waals surface area contributed by atoms with E-state index in [1.54, 1.807) is 0 Å². The van der Waals surface area contributed by atoms with Gasteiger partial charge < -0.3 is 15.5 Å². The Labute approximate surface area is 146 Å². The molecule has 25 heavy (non-hydrogen) atoms. The molecule has 0 atom stereocenters. The van der Waals surface area contributed by atoms with Crippen LogP contribution in [-0.2, 0) is 17.7 Å². The van der Waals surface area contributed by atoms with Crippen molar-refractivity contribution >= 4 is 5.69 Å². The number of H-pyrrole nitrogens is 1. The molecule has 0 aliphatic carbocycles. The number of ether oxygens (including phenoxy) is 1. The van der Waals surface area contributed by atoms with Crippen LogP contribution >= 0.6 is 0 Å². The lowest BCUT2D eigenvalue weighted by atomic mass is 10.0. The first-order valence-electron chi connectivity index (χ1n) is 8.69. The molecule has 0 fully saturated rings. The number of aromatic amines is 1. The second-order valence-electron chi connectivity index (χ2n) is 6.67. The highest BCUT2D eigenvalue weighted by molar-refractivity contribution is 5.58. The van der Waals surface area contributed by atoms with Crippen LogP contribution in [0.5, 0.6) is 0 Å².